The molecule has 1 aliphatic carbocycles. The van der Waals surface area contributed by atoms with Crippen molar-refractivity contribution in [2.75, 3.05) is 11.4 Å². The number of amides is 3. The molecule has 3 aromatic rings. The van der Waals surface area contributed by atoms with Gasteiger partial charge in [-0.15, -0.1) is 0 Å². The zero-order valence-corrected chi connectivity index (χ0v) is 18.4. The smallest absolute Gasteiger partial charge is 0.287 e. The largest absolute Gasteiger partial charge is 0.459 e. The minimum absolute atomic E-state index is 0.0236. The molecule has 0 unspecified atom stereocenters. The highest BCUT2D eigenvalue weighted by Gasteiger charge is 2.34. The lowest BCUT2D eigenvalue weighted by molar-refractivity contribution is -0.126. The van der Waals surface area contributed by atoms with Crippen molar-refractivity contribution in [1.82, 2.24) is 15.6 Å². The van der Waals surface area contributed by atoms with E-state index in [0.29, 0.717) is 11.3 Å². The van der Waals surface area contributed by atoms with E-state index < -0.39 is 30.2 Å². The first-order valence-corrected chi connectivity index (χ1v) is 11.1. The second kappa shape index (κ2) is 10.7. The van der Waals surface area contributed by atoms with E-state index >= 15 is 0 Å². The molecule has 2 aromatic heterocycles. The standard InChI is InChI=1S/C25H25FN4O4/c26-18-9-11-20(12-10-18)30(22(31)16-28-24(32)21-8-4-14-34-21)23(17-5-3-13-27-15-17)25(33)29-19-6-1-2-7-19/h3-5,8-15,19,23H,1-2,6-7,16H2,(H,28,32)(H,29,33)/t23-/m0/s1. The molecule has 0 bridgehead atoms. The average Bonchev–Trinajstić information content (AvgIpc) is 3.57. The third kappa shape index (κ3) is 5.48. The van der Waals surface area contributed by atoms with Crippen molar-refractivity contribution in [3.8, 4) is 0 Å². The highest BCUT2D eigenvalue weighted by Crippen LogP contribution is 2.29. The molecule has 1 fully saturated rings. The molecule has 1 aliphatic rings. The number of hydrogen-bond donors (Lipinski definition) is 2. The van der Waals surface area contributed by atoms with Crippen LogP contribution in [0.2, 0.25) is 0 Å². The van der Waals surface area contributed by atoms with E-state index in [1.165, 1.54) is 47.7 Å². The molecule has 0 aliphatic heterocycles. The molecule has 9 heteroatoms. The van der Waals surface area contributed by atoms with Gasteiger partial charge in [0.15, 0.2) is 5.76 Å². The van der Waals surface area contributed by atoms with Gasteiger partial charge in [-0.2, -0.15) is 0 Å². The maximum absolute atomic E-state index is 13.7. The number of halogens is 1. The predicted molar refractivity (Wildman–Crippen MR) is 122 cm³/mol. The molecule has 8 nitrogen and oxygen atoms in total. The molecule has 1 aromatic carbocycles. The summed E-state index contributed by atoms with van der Waals surface area (Å²) in [5.74, 6) is -1.90. The monoisotopic (exact) mass is 464 g/mol. The van der Waals surface area contributed by atoms with Gasteiger partial charge in [-0.25, -0.2) is 4.39 Å². The van der Waals surface area contributed by atoms with Crippen LogP contribution in [0, 0.1) is 5.82 Å². The summed E-state index contributed by atoms with van der Waals surface area (Å²) in [6, 6.07) is 10.7. The fourth-order valence-corrected chi connectivity index (χ4v) is 4.08. The Morgan fingerprint density at radius 1 is 1.09 bits per heavy atom. The molecule has 0 spiro atoms. The van der Waals surface area contributed by atoms with E-state index in [9.17, 15) is 18.8 Å². The van der Waals surface area contributed by atoms with E-state index in [1.54, 1.807) is 24.4 Å². The Bertz CT molecular complexity index is 1110. The molecule has 0 radical (unpaired) electrons. The minimum atomic E-state index is -1.06. The molecule has 2 N–H and O–H groups in total. The van der Waals surface area contributed by atoms with Crippen LogP contribution in [0.3, 0.4) is 0 Å². The molecule has 0 saturated heterocycles. The van der Waals surface area contributed by atoms with E-state index in [0.717, 1.165) is 25.7 Å². The first-order valence-electron chi connectivity index (χ1n) is 11.1. The molecule has 1 atom stereocenters. The van der Waals surface area contributed by atoms with Crippen molar-refractivity contribution in [2.24, 2.45) is 0 Å². The van der Waals surface area contributed by atoms with Crippen LogP contribution < -0.4 is 15.5 Å². The maximum Gasteiger partial charge on any atom is 0.287 e. The van der Waals surface area contributed by atoms with Gasteiger partial charge in [-0.1, -0.05) is 18.9 Å². The van der Waals surface area contributed by atoms with Crippen LogP contribution in [-0.4, -0.2) is 35.3 Å². The molecule has 176 valence electrons. The van der Waals surface area contributed by atoms with Gasteiger partial charge in [-0.05, 0) is 55.3 Å². The van der Waals surface area contributed by atoms with Crippen LogP contribution in [0.25, 0.3) is 0 Å². The predicted octanol–water partition coefficient (Wildman–Crippen LogP) is 3.38. The number of carbonyl (C=O) groups is 3. The van der Waals surface area contributed by atoms with Gasteiger partial charge in [0, 0.05) is 29.7 Å². The number of pyridine rings is 1. The zero-order chi connectivity index (χ0) is 23.9. The third-order valence-corrected chi connectivity index (χ3v) is 5.73. The number of rotatable bonds is 8. The Balaban J connectivity index is 1.65. The van der Waals surface area contributed by atoms with Gasteiger partial charge >= 0.3 is 0 Å². The third-order valence-electron chi connectivity index (χ3n) is 5.73. The lowest BCUT2D eigenvalue weighted by atomic mass is 10.0. The number of anilines is 1. The van der Waals surface area contributed by atoms with Crippen LogP contribution in [0.5, 0.6) is 0 Å². The Morgan fingerprint density at radius 3 is 2.50 bits per heavy atom. The van der Waals surface area contributed by atoms with Gasteiger partial charge < -0.3 is 15.1 Å². The number of aromatic nitrogens is 1. The van der Waals surface area contributed by atoms with E-state index in [4.69, 9.17) is 4.42 Å². The molecular formula is C25H25FN4O4. The number of carbonyl (C=O) groups excluding carboxylic acids is 3. The number of benzene rings is 1. The normalized spacial score (nSPS) is 14.4. The first kappa shape index (κ1) is 23.2. The quantitative estimate of drug-likeness (QED) is 0.532. The maximum atomic E-state index is 13.7. The van der Waals surface area contributed by atoms with E-state index in [1.807, 2.05) is 0 Å². The second-order valence-corrected chi connectivity index (χ2v) is 8.08. The lowest BCUT2D eigenvalue weighted by Gasteiger charge is -2.32. The first-order chi connectivity index (χ1) is 16.5. The Kier molecular flexibility index (Phi) is 7.31. The number of nitrogens with one attached hydrogen (secondary N) is 2. The summed E-state index contributed by atoms with van der Waals surface area (Å²) in [7, 11) is 0. The molecule has 2 heterocycles. The van der Waals surface area contributed by atoms with Crippen molar-refractivity contribution >= 4 is 23.4 Å². The van der Waals surface area contributed by atoms with Crippen molar-refractivity contribution in [2.45, 2.75) is 37.8 Å². The van der Waals surface area contributed by atoms with Gasteiger partial charge in [0.1, 0.15) is 11.9 Å². The second-order valence-electron chi connectivity index (χ2n) is 8.08. The van der Waals surface area contributed by atoms with Crippen LogP contribution >= 0.6 is 0 Å². The van der Waals surface area contributed by atoms with Crippen LogP contribution in [0.15, 0.2) is 71.6 Å². The number of furan rings is 1. The van der Waals surface area contributed by atoms with Crippen molar-refractivity contribution in [3.63, 3.8) is 0 Å². The summed E-state index contributed by atoms with van der Waals surface area (Å²) in [5.41, 5.74) is 0.808. The molecule has 34 heavy (non-hydrogen) atoms. The van der Waals surface area contributed by atoms with Crippen LogP contribution in [0.4, 0.5) is 10.1 Å². The fourth-order valence-electron chi connectivity index (χ4n) is 4.08. The molecule has 4 rings (SSSR count). The van der Waals surface area contributed by atoms with Crippen LogP contribution in [0.1, 0.15) is 47.8 Å². The van der Waals surface area contributed by atoms with Crippen LogP contribution in [-0.2, 0) is 9.59 Å². The summed E-state index contributed by atoms with van der Waals surface area (Å²) in [5, 5.41) is 5.56. The van der Waals surface area contributed by atoms with E-state index in [2.05, 4.69) is 15.6 Å². The van der Waals surface area contributed by atoms with Crippen molar-refractivity contribution in [3.05, 3.63) is 84.3 Å². The molecular weight excluding hydrogens is 439 g/mol. The van der Waals surface area contributed by atoms with Crippen molar-refractivity contribution in [1.29, 1.82) is 0 Å². The molecule has 3 amide bonds. The highest BCUT2D eigenvalue weighted by molar-refractivity contribution is 6.04. The highest BCUT2D eigenvalue weighted by atomic mass is 19.1. The lowest BCUT2D eigenvalue weighted by Crippen LogP contribution is -2.49. The van der Waals surface area contributed by atoms with Gasteiger partial charge in [0.05, 0.1) is 12.8 Å². The summed E-state index contributed by atoms with van der Waals surface area (Å²) >= 11 is 0. The number of hydrogen-bond acceptors (Lipinski definition) is 5. The summed E-state index contributed by atoms with van der Waals surface area (Å²) in [6.45, 7) is -0.398. The van der Waals surface area contributed by atoms with Crippen molar-refractivity contribution < 1.29 is 23.2 Å². The SMILES string of the molecule is O=C(NCC(=O)N(c1ccc(F)cc1)[C@H](C(=O)NC1CCCC1)c1cccnc1)c1ccco1. The minimum Gasteiger partial charge on any atom is -0.459 e. The number of nitrogens with zero attached hydrogens (tertiary/aromatic N) is 2. The summed E-state index contributed by atoms with van der Waals surface area (Å²) < 4.78 is 18.7. The topological polar surface area (TPSA) is 105 Å². The Labute approximate surface area is 196 Å². The van der Waals surface area contributed by atoms with Gasteiger partial charge in [0.2, 0.25) is 11.8 Å². The Morgan fingerprint density at radius 2 is 1.85 bits per heavy atom. The summed E-state index contributed by atoms with van der Waals surface area (Å²) in [4.78, 5) is 44.6. The zero-order valence-electron chi connectivity index (χ0n) is 18.4. The molecule has 1 saturated carbocycles. The summed E-state index contributed by atoms with van der Waals surface area (Å²) in [6.07, 6.45) is 8.24. The van der Waals surface area contributed by atoms with Gasteiger partial charge in [0.25, 0.3) is 5.91 Å². The average molecular weight is 464 g/mol. The van der Waals surface area contributed by atoms with E-state index in [-0.39, 0.29) is 17.7 Å². The van der Waals surface area contributed by atoms with Gasteiger partial charge in [-0.3, -0.25) is 24.3 Å². The Hall–Kier alpha value is -4.01. The fraction of sp³-hybridized carbons (Fsp3) is 0.280.